The van der Waals surface area contributed by atoms with Gasteiger partial charge >= 0.3 is 0 Å². The number of nitrogens with two attached hydrogens (primary N) is 1. The van der Waals surface area contributed by atoms with Crippen molar-refractivity contribution in [3.63, 3.8) is 0 Å². The molecule has 0 aromatic heterocycles. The van der Waals surface area contributed by atoms with Crippen LogP contribution in [0.15, 0.2) is 0 Å². The monoisotopic (exact) mass is 93.1 g/mol. The normalized spacial score (nSPS) is 6.00. The van der Waals surface area contributed by atoms with Crippen LogP contribution in [0.25, 0.3) is 0 Å². The van der Waals surface area contributed by atoms with Crippen molar-refractivity contribution in [1.82, 2.24) is 0 Å². The summed E-state index contributed by atoms with van der Waals surface area (Å²) >= 11 is 0. The van der Waals surface area contributed by atoms with Crippen molar-refractivity contribution in [2.24, 2.45) is 5.90 Å². The minimum absolute atomic E-state index is 1.40. The molecule has 0 aliphatic carbocycles. The van der Waals surface area contributed by atoms with Gasteiger partial charge in [0.05, 0.1) is 7.11 Å². The summed E-state index contributed by atoms with van der Waals surface area (Å²) in [5, 5.41) is 0. The van der Waals surface area contributed by atoms with Crippen LogP contribution in [0.5, 0.6) is 0 Å². The van der Waals surface area contributed by atoms with Crippen molar-refractivity contribution >= 4 is 0 Å². The summed E-state index contributed by atoms with van der Waals surface area (Å²) in [4.78, 5) is 3.75. The quantitative estimate of drug-likeness (QED) is 0.421. The van der Waals surface area contributed by atoms with E-state index in [2.05, 4.69) is 15.5 Å². The van der Waals surface area contributed by atoms with Gasteiger partial charge in [0.1, 0.15) is 0 Å². The first-order chi connectivity index (χ1) is 2.83. The standard InChI is InChI=1S/C2H6O.CH5NO/c2*1-3-2/h1-2H3;2H2,1H3. The fourth-order valence-electron chi connectivity index (χ4n) is 0. The van der Waals surface area contributed by atoms with Gasteiger partial charge in [-0.1, -0.05) is 0 Å². The van der Waals surface area contributed by atoms with Crippen molar-refractivity contribution in [2.45, 2.75) is 0 Å². The molecule has 0 aromatic rings. The van der Waals surface area contributed by atoms with E-state index in [4.69, 9.17) is 0 Å². The van der Waals surface area contributed by atoms with Gasteiger partial charge < -0.3 is 9.57 Å². The molecule has 2 N–H and O–H groups in total. The Labute approximate surface area is 38.0 Å². The van der Waals surface area contributed by atoms with Crippen LogP contribution < -0.4 is 5.90 Å². The maximum absolute atomic E-state index is 4.35. The second kappa shape index (κ2) is 20.8. The average Bonchev–Trinajstić information content (AvgIpc) is 1.39. The van der Waals surface area contributed by atoms with Gasteiger partial charge in [-0.3, -0.25) is 0 Å². The van der Waals surface area contributed by atoms with Crippen LogP contribution >= 0.6 is 0 Å². The van der Waals surface area contributed by atoms with Gasteiger partial charge in [-0.2, -0.15) is 0 Å². The smallest absolute Gasteiger partial charge is 0.0569 e. The van der Waals surface area contributed by atoms with Crippen molar-refractivity contribution in [3.05, 3.63) is 0 Å². The minimum Gasteiger partial charge on any atom is -0.388 e. The van der Waals surface area contributed by atoms with Gasteiger partial charge in [0.25, 0.3) is 0 Å². The first-order valence-electron chi connectivity index (χ1n) is 1.46. The highest BCUT2D eigenvalue weighted by Gasteiger charge is 1.25. The Morgan fingerprint density at radius 1 is 1.17 bits per heavy atom. The van der Waals surface area contributed by atoms with E-state index in [1.54, 1.807) is 14.2 Å². The first-order valence-corrected chi connectivity index (χ1v) is 1.46. The lowest BCUT2D eigenvalue weighted by Crippen LogP contribution is -1.86. The predicted octanol–water partition coefficient (Wildman–Crippen LogP) is -0.231. The molecule has 0 saturated heterocycles. The van der Waals surface area contributed by atoms with E-state index < -0.39 is 0 Å². The molecular weight excluding hydrogens is 82.0 g/mol. The van der Waals surface area contributed by atoms with Gasteiger partial charge in [-0.05, 0) is 0 Å². The maximum Gasteiger partial charge on any atom is 0.0569 e. The number of rotatable bonds is 0. The van der Waals surface area contributed by atoms with Crippen LogP contribution in [0, 0.1) is 0 Å². The molecule has 0 amide bonds. The number of methoxy groups -OCH3 is 1. The number of ether oxygens (including phenoxy) is 1. The molecule has 0 atom stereocenters. The Kier molecular flexibility index (Phi) is 32.2. The maximum atomic E-state index is 4.35. The lowest BCUT2D eigenvalue weighted by atomic mass is 11.6. The van der Waals surface area contributed by atoms with E-state index in [-0.39, 0.29) is 0 Å². The Bertz CT molecular complexity index is 10.8. The molecule has 0 bridgehead atoms. The third-order valence-corrected chi connectivity index (χ3v) is 0. The van der Waals surface area contributed by atoms with E-state index in [1.165, 1.54) is 7.11 Å². The SMILES string of the molecule is COC.CON. The molecule has 0 rings (SSSR count). The highest BCUT2D eigenvalue weighted by molar-refractivity contribution is 3.56. The zero-order chi connectivity index (χ0) is 5.41. The van der Waals surface area contributed by atoms with Gasteiger partial charge in [-0.25, -0.2) is 5.90 Å². The molecule has 3 nitrogen and oxygen atoms in total. The Morgan fingerprint density at radius 2 is 1.17 bits per heavy atom. The lowest BCUT2D eigenvalue weighted by molar-refractivity contribution is 0.206. The van der Waals surface area contributed by atoms with E-state index in [0.29, 0.717) is 0 Å². The highest BCUT2D eigenvalue weighted by atomic mass is 16.6. The van der Waals surface area contributed by atoms with Gasteiger partial charge in [0.2, 0.25) is 0 Å². The lowest BCUT2D eigenvalue weighted by Gasteiger charge is -1.62. The molecule has 0 aliphatic rings. The van der Waals surface area contributed by atoms with Crippen molar-refractivity contribution in [1.29, 1.82) is 0 Å². The van der Waals surface area contributed by atoms with Crippen molar-refractivity contribution in [3.8, 4) is 0 Å². The molecular formula is C3H11NO2. The molecule has 3 heteroatoms. The molecule has 0 unspecified atom stereocenters. The molecule has 0 aliphatic heterocycles. The molecule has 0 spiro atoms. The van der Waals surface area contributed by atoms with Crippen LogP contribution in [-0.4, -0.2) is 21.3 Å². The largest absolute Gasteiger partial charge is 0.388 e. The Morgan fingerprint density at radius 3 is 1.17 bits per heavy atom. The Hall–Kier alpha value is -0.120. The second-order valence-corrected chi connectivity index (χ2v) is 0.644. The van der Waals surface area contributed by atoms with Gasteiger partial charge in [0, 0.05) is 14.2 Å². The van der Waals surface area contributed by atoms with E-state index in [1.807, 2.05) is 0 Å². The number of hydrogen-bond acceptors (Lipinski definition) is 3. The molecule has 0 fully saturated rings. The van der Waals surface area contributed by atoms with Crippen LogP contribution in [0.1, 0.15) is 0 Å². The topological polar surface area (TPSA) is 44.5 Å². The molecule has 0 aromatic carbocycles. The summed E-state index contributed by atoms with van der Waals surface area (Å²) in [6.45, 7) is 0. The summed E-state index contributed by atoms with van der Waals surface area (Å²) in [5.41, 5.74) is 0. The predicted molar refractivity (Wildman–Crippen MR) is 24.1 cm³/mol. The summed E-state index contributed by atoms with van der Waals surface area (Å²) < 4.78 is 4.25. The minimum atomic E-state index is 1.40. The fraction of sp³-hybridized carbons (Fsp3) is 1.00. The van der Waals surface area contributed by atoms with Crippen LogP contribution in [0.2, 0.25) is 0 Å². The third kappa shape index (κ3) is 2230. The highest BCUT2D eigenvalue weighted by Crippen LogP contribution is 1.28. The van der Waals surface area contributed by atoms with E-state index in [0.717, 1.165) is 0 Å². The van der Waals surface area contributed by atoms with Crippen molar-refractivity contribution in [2.75, 3.05) is 21.3 Å². The zero-order valence-corrected chi connectivity index (χ0v) is 4.39. The van der Waals surface area contributed by atoms with Crippen LogP contribution in [0.4, 0.5) is 0 Å². The fourth-order valence-corrected chi connectivity index (χ4v) is 0. The van der Waals surface area contributed by atoms with Crippen LogP contribution in [-0.2, 0) is 9.57 Å². The Balaban J connectivity index is 0. The van der Waals surface area contributed by atoms with Gasteiger partial charge in [0.15, 0.2) is 0 Å². The summed E-state index contributed by atoms with van der Waals surface area (Å²) in [6, 6.07) is 0. The third-order valence-electron chi connectivity index (χ3n) is 0. The summed E-state index contributed by atoms with van der Waals surface area (Å²) in [6.07, 6.45) is 0. The van der Waals surface area contributed by atoms with E-state index >= 15 is 0 Å². The summed E-state index contributed by atoms with van der Waals surface area (Å²) in [5.74, 6) is 4.35. The zero-order valence-electron chi connectivity index (χ0n) is 4.39. The summed E-state index contributed by atoms with van der Waals surface area (Å²) in [7, 11) is 4.65. The first kappa shape index (κ1) is 9.30. The average molecular weight is 93.1 g/mol. The number of hydrogen-bond donors (Lipinski definition) is 1. The van der Waals surface area contributed by atoms with Crippen molar-refractivity contribution < 1.29 is 9.57 Å². The molecule has 0 saturated carbocycles. The van der Waals surface area contributed by atoms with E-state index in [9.17, 15) is 0 Å². The molecule has 0 radical (unpaired) electrons. The second-order valence-electron chi connectivity index (χ2n) is 0.644. The molecule has 0 heterocycles. The molecule has 6 heavy (non-hydrogen) atoms. The van der Waals surface area contributed by atoms with Gasteiger partial charge in [-0.15, -0.1) is 0 Å². The molecule has 40 valence electrons. The van der Waals surface area contributed by atoms with Crippen LogP contribution in [0.3, 0.4) is 0 Å².